The Hall–Kier alpha value is -2.61. The van der Waals surface area contributed by atoms with Crippen molar-refractivity contribution in [2.24, 2.45) is 0 Å². The Morgan fingerprint density at radius 1 is 1.19 bits per heavy atom. The van der Waals surface area contributed by atoms with Crippen molar-refractivity contribution >= 4 is 17.4 Å². The molecule has 0 spiro atoms. The molecule has 5 nitrogen and oxygen atoms in total. The van der Waals surface area contributed by atoms with E-state index in [9.17, 15) is 18.0 Å². The fourth-order valence-electron chi connectivity index (χ4n) is 1.64. The first kappa shape index (κ1) is 14.8. The fraction of sp³-hybridized carbons (Fsp3) is 0.0769. The molecular weight excluding hydrogens is 287 g/mol. The van der Waals surface area contributed by atoms with Gasteiger partial charge in [0.25, 0.3) is 0 Å². The minimum Gasteiger partial charge on any atom is -0.391 e. The van der Waals surface area contributed by atoms with E-state index >= 15 is 0 Å². The number of aliphatic hydroxyl groups is 1. The van der Waals surface area contributed by atoms with Crippen LogP contribution in [0.1, 0.15) is 5.56 Å². The molecule has 1 aromatic heterocycles. The van der Waals surface area contributed by atoms with Gasteiger partial charge in [0.05, 0.1) is 12.3 Å². The van der Waals surface area contributed by atoms with Gasteiger partial charge >= 0.3 is 6.03 Å². The van der Waals surface area contributed by atoms with Gasteiger partial charge in [0.1, 0.15) is 11.6 Å². The fourth-order valence-corrected chi connectivity index (χ4v) is 1.64. The number of hydrogen-bond acceptors (Lipinski definition) is 3. The minimum absolute atomic E-state index is 0.113. The van der Waals surface area contributed by atoms with Gasteiger partial charge in [0, 0.05) is 29.6 Å². The van der Waals surface area contributed by atoms with Gasteiger partial charge in [-0.25, -0.2) is 18.6 Å². The van der Waals surface area contributed by atoms with Crippen LogP contribution in [-0.4, -0.2) is 16.1 Å². The molecule has 0 fully saturated rings. The van der Waals surface area contributed by atoms with Crippen molar-refractivity contribution in [3.8, 4) is 0 Å². The molecule has 0 radical (unpaired) electrons. The van der Waals surface area contributed by atoms with Crippen LogP contribution in [0.25, 0.3) is 0 Å². The lowest BCUT2D eigenvalue weighted by molar-refractivity contribution is 0.261. The Labute approximate surface area is 117 Å². The van der Waals surface area contributed by atoms with Gasteiger partial charge in [0.2, 0.25) is 5.95 Å². The highest BCUT2D eigenvalue weighted by molar-refractivity contribution is 6.00. The van der Waals surface area contributed by atoms with Gasteiger partial charge in [0.15, 0.2) is 0 Å². The number of nitrogens with zero attached hydrogens (tertiary/aromatic N) is 1. The van der Waals surface area contributed by atoms with E-state index in [0.717, 1.165) is 18.3 Å². The monoisotopic (exact) mass is 297 g/mol. The molecule has 1 aromatic carbocycles. The third-order valence-electron chi connectivity index (χ3n) is 2.55. The van der Waals surface area contributed by atoms with Crippen LogP contribution in [0.4, 0.5) is 29.3 Å². The zero-order chi connectivity index (χ0) is 15.4. The number of halogens is 3. The lowest BCUT2D eigenvalue weighted by atomic mass is 10.1. The molecule has 8 heteroatoms. The van der Waals surface area contributed by atoms with Crippen LogP contribution in [0, 0.1) is 17.6 Å². The van der Waals surface area contributed by atoms with Crippen LogP contribution in [0.15, 0.2) is 30.5 Å². The van der Waals surface area contributed by atoms with Crippen LogP contribution >= 0.6 is 0 Å². The van der Waals surface area contributed by atoms with Crippen LogP contribution in [0.2, 0.25) is 0 Å². The van der Waals surface area contributed by atoms with Crippen molar-refractivity contribution in [3.63, 3.8) is 0 Å². The standard InChI is InChI=1S/C13H10F3N3O2/c14-7-3-10(15)9(6-20)11(4-7)19-13(21)18-8-1-2-17-12(16)5-8/h1-5,20H,6H2,(H2,17,18,19,21). The van der Waals surface area contributed by atoms with Crippen molar-refractivity contribution in [2.75, 3.05) is 10.6 Å². The molecule has 0 bridgehead atoms. The van der Waals surface area contributed by atoms with Crippen molar-refractivity contribution < 1.29 is 23.1 Å². The largest absolute Gasteiger partial charge is 0.391 e. The zero-order valence-electron chi connectivity index (χ0n) is 10.5. The Bertz CT molecular complexity index is 680. The Morgan fingerprint density at radius 3 is 2.62 bits per heavy atom. The van der Waals surface area contributed by atoms with Crippen LogP contribution in [-0.2, 0) is 6.61 Å². The zero-order valence-corrected chi connectivity index (χ0v) is 10.5. The molecule has 0 aliphatic carbocycles. The summed E-state index contributed by atoms with van der Waals surface area (Å²) in [6, 6.07) is 2.91. The van der Waals surface area contributed by atoms with Gasteiger partial charge in [-0.2, -0.15) is 4.39 Å². The third kappa shape index (κ3) is 3.69. The summed E-state index contributed by atoms with van der Waals surface area (Å²) in [5.41, 5.74) is -0.364. The highest BCUT2D eigenvalue weighted by Crippen LogP contribution is 2.21. The van der Waals surface area contributed by atoms with E-state index in [0.29, 0.717) is 6.07 Å². The van der Waals surface area contributed by atoms with Gasteiger partial charge in [-0.15, -0.1) is 0 Å². The second kappa shape index (κ2) is 6.23. The number of amides is 2. The predicted octanol–water partition coefficient (Wildman–Crippen LogP) is 2.64. The van der Waals surface area contributed by atoms with Crippen LogP contribution < -0.4 is 10.6 Å². The molecule has 0 aliphatic heterocycles. The molecule has 0 atom stereocenters. The molecule has 0 aliphatic rings. The number of pyridine rings is 1. The van der Waals surface area contributed by atoms with Crippen LogP contribution in [0.3, 0.4) is 0 Å². The van der Waals surface area contributed by atoms with Crippen molar-refractivity contribution in [1.29, 1.82) is 0 Å². The molecule has 110 valence electrons. The Kier molecular flexibility index (Phi) is 4.39. The first-order valence-corrected chi connectivity index (χ1v) is 5.78. The van der Waals surface area contributed by atoms with Crippen molar-refractivity contribution in [2.45, 2.75) is 6.61 Å². The number of urea groups is 1. The first-order valence-electron chi connectivity index (χ1n) is 5.78. The number of nitrogens with one attached hydrogen (secondary N) is 2. The Morgan fingerprint density at radius 2 is 1.95 bits per heavy atom. The maximum absolute atomic E-state index is 13.4. The summed E-state index contributed by atoms with van der Waals surface area (Å²) in [5.74, 6) is -2.68. The highest BCUT2D eigenvalue weighted by atomic mass is 19.1. The maximum Gasteiger partial charge on any atom is 0.323 e. The van der Waals surface area contributed by atoms with E-state index in [-0.39, 0.29) is 16.9 Å². The quantitative estimate of drug-likeness (QED) is 0.762. The number of rotatable bonds is 3. The summed E-state index contributed by atoms with van der Waals surface area (Å²) in [6.45, 7) is -0.717. The van der Waals surface area contributed by atoms with Crippen molar-refractivity contribution in [3.05, 3.63) is 53.6 Å². The molecule has 2 aromatic rings. The summed E-state index contributed by atoms with van der Waals surface area (Å²) < 4.78 is 39.4. The smallest absolute Gasteiger partial charge is 0.323 e. The molecule has 0 saturated carbocycles. The lowest BCUT2D eigenvalue weighted by Gasteiger charge is -2.11. The predicted molar refractivity (Wildman–Crippen MR) is 69.1 cm³/mol. The highest BCUT2D eigenvalue weighted by Gasteiger charge is 2.13. The topological polar surface area (TPSA) is 74.2 Å². The lowest BCUT2D eigenvalue weighted by Crippen LogP contribution is -2.21. The normalized spacial score (nSPS) is 10.3. The number of aromatic nitrogens is 1. The summed E-state index contributed by atoms with van der Waals surface area (Å²) in [6.07, 6.45) is 1.14. The molecular formula is C13H10F3N3O2. The third-order valence-corrected chi connectivity index (χ3v) is 2.55. The molecule has 3 N–H and O–H groups in total. The molecule has 2 amide bonds. The average molecular weight is 297 g/mol. The SMILES string of the molecule is O=C(Nc1ccnc(F)c1)Nc1cc(F)cc(F)c1CO. The Balaban J connectivity index is 2.16. The van der Waals surface area contributed by atoms with Gasteiger partial charge in [-0.05, 0) is 12.1 Å². The summed E-state index contributed by atoms with van der Waals surface area (Å²) >= 11 is 0. The van der Waals surface area contributed by atoms with Gasteiger partial charge in [-0.3, -0.25) is 0 Å². The minimum atomic E-state index is -0.984. The van der Waals surface area contributed by atoms with E-state index < -0.39 is 30.2 Å². The second-order valence-electron chi connectivity index (χ2n) is 4.02. The number of benzene rings is 1. The van der Waals surface area contributed by atoms with Gasteiger partial charge < -0.3 is 15.7 Å². The number of carbonyl (C=O) groups excluding carboxylic acids is 1. The molecule has 1 heterocycles. The van der Waals surface area contributed by atoms with E-state index in [2.05, 4.69) is 15.6 Å². The molecule has 21 heavy (non-hydrogen) atoms. The average Bonchev–Trinajstić information content (AvgIpc) is 2.37. The number of anilines is 2. The van der Waals surface area contributed by atoms with E-state index in [1.807, 2.05) is 0 Å². The molecule has 2 rings (SSSR count). The van der Waals surface area contributed by atoms with E-state index in [1.165, 1.54) is 6.07 Å². The van der Waals surface area contributed by atoms with Crippen molar-refractivity contribution in [1.82, 2.24) is 4.98 Å². The summed E-state index contributed by atoms with van der Waals surface area (Å²) in [5, 5.41) is 13.5. The van der Waals surface area contributed by atoms with E-state index in [1.54, 1.807) is 0 Å². The maximum atomic E-state index is 13.4. The first-order chi connectivity index (χ1) is 9.99. The molecule has 0 unspecified atom stereocenters. The summed E-state index contributed by atoms with van der Waals surface area (Å²) in [7, 11) is 0. The molecule has 0 saturated heterocycles. The van der Waals surface area contributed by atoms with Crippen LogP contribution in [0.5, 0.6) is 0 Å². The van der Waals surface area contributed by atoms with E-state index in [4.69, 9.17) is 5.11 Å². The second-order valence-corrected chi connectivity index (χ2v) is 4.02. The van der Waals surface area contributed by atoms with Gasteiger partial charge in [-0.1, -0.05) is 0 Å². The number of carbonyl (C=O) groups is 1. The number of aliphatic hydroxyl groups excluding tert-OH is 1. The number of hydrogen-bond donors (Lipinski definition) is 3. The summed E-state index contributed by atoms with van der Waals surface area (Å²) in [4.78, 5) is 15.0.